The highest BCUT2D eigenvalue weighted by Gasteiger charge is 2.09. The van der Waals surface area contributed by atoms with Gasteiger partial charge in [-0.15, -0.1) is 0 Å². The molecule has 0 saturated carbocycles. The molecule has 4 nitrogen and oxygen atoms in total. The lowest BCUT2D eigenvalue weighted by Crippen LogP contribution is -2.16. The van der Waals surface area contributed by atoms with Gasteiger partial charge in [0.2, 0.25) is 5.95 Å². The lowest BCUT2D eigenvalue weighted by molar-refractivity contribution is 0.708. The Bertz CT molecular complexity index is 298. The van der Waals surface area contributed by atoms with Crippen molar-refractivity contribution in [3.63, 3.8) is 0 Å². The quantitative estimate of drug-likeness (QED) is 0.645. The molecule has 0 amide bonds. The summed E-state index contributed by atoms with van der Waals surface area (Å²) < 4.78 is 0. The minimum absolute atomic E-state index is 0.723. The molecule has 13 heavy (non-hydrogen) atoms. The maximum Gasteiger partial charge on any atom is 0.222 e. The molecule has 1 aliphatic heterocycles. The van der Waals surface area contributed by atoms with Crippen molar-refractivity contribution in [3.05, 3.63) is 17.5 Å². The van der Waals surface area contributed by atoms with Crippen LogP contribution in [0.2, 0.25) is 0 Å². The molecular formula is C9H14N4. The molecule has 0 aromatic carbocycles. The van der Waals surface area contributed by atoms with E-state index in [1.807, 2.05) is 13.2 Å². The van der Waals surface area contributed by atoms with Gasteiger partial charge in [-0.1, -0.05) is 0 Å². The zero-order valence-corrected chi connectivity index (χ0v) is 7.80. The molecule has 0 bridgehead atoms. The topological polar surface area (TPSA) is 49.8 Å². The number of aromatic nitrogens is 2. The Balaban J connectivity index is 2.32. The molecule has 0 saturated heterocycles. The van der Waals surface area contributed by atoms with Crippen molar-refractivity contribution >= 4 is 5.95 Å². The number of fused-ring (bicyclic) bond motifs is 1. The summed E-state index contributed by atoms with van der Waals surface area (Å²) in [5, 5.41) is 6.30. The van der Waals surface area contributed by atoms with Gasteiger partial charge < -0.3 is 10.6 Å². The first-order chi connectivity index (χ1) is 6.40. The molecule has 2 heterocycles. The molecule has 0 radical (unpaired) electrons. The molecule has 0 unspecified atom stereocenters. The molecule has 1 aliphatic rings. The van der Waals surface area contributed by atoms with E-state index in [2.05, 4.69) is 20.6 Å². The van der Waals surface area contributed by atoms with Gasteiger partial charge in [0, 0.05) is 26.2 Å². The lowest BCUT2D eigenvalue weighted by Gasteiger charge is -2.05. The molecular weight excluding hydrogens is 164 g/mol. The van der Waals surface area contributed by atoms with E-state index < -0.39 is 0 Å². The van der Waals surface area contributed by atoms with E-state index in [-0.39, 0.29) is 0 Å². The molecule has 0 fully saturated rings. The first-order valence-corrected chi connectivity index (χ1v) is 4.63. The van der Waals surface area contributed by atoms with Gasteiger partial charge in [0.1, 0.15) is 0 Å². The number of anilines is 1. The maximum absolute atomic E-state index is 4.43. The van der Waals surface area contributed by atoms with Crippen molar-refractivity contribution in [3.8, 4) is 0 Å². The van der Waals surface area contributed by atoms with E-state index in [1.165, 1.54) is 11.3 Å². The predicted molar refractivity (Wildman–Crippen MR) is 51.9 cm³/mol. The van der Waals surface area contributed by atoms with E-state index in [4.69, 9.17) is 0 Å². The van der Waals surface area contributed by atoms with Gasteiger partial charge in [0.25, 0.3) is 0 Å². The summed E-state index contributed by atoms with van der Waals surface area (Å²) >= 11 is 0. The van der Waals surface area contributed by atoms with Gasteiger partial charge in [-0.2, -0.15) is 0 Å². The van der Waals surface area contributed by atoms with Crippen LogP contribution >= 0.6 is 0 Å². The molecule has 2 N–H and O–H groups in total. The van der Waals surface area contributed by atoms with Crippen LogP contribution in [-0.2, 0) is 12.8 Å². The van der Waals surface area contributed by atoms with Gasteiger partial charge >= 0.3 is 0 Å². The van der Waals surface area contributed by atoms with E-state index >= 15 is 0 Å². The normalized spacial score (nSPS) is 16.1. The van der Waals surface area contributed by atoms with E-state index in [9.17, 15) is 0 Å². The van der Waals surface area contributed by atoms with Gasteiger partial charge in [-0.3, -0.25) is 0 Å². The van der Waals surface area contributed by atoms with Crippen molar-refractivity contribution in [1.29, 1.82) is 0 Å². The van der Waals surface area contributed by atoms with Crippen LogP contribution in [0, 0.1) is 0 Å². The lowest BCUT2D eigenvalue weighted by atomic mass is 10.1. The fourth-order valence-corrected chi connectivity index (χ4v) is 1.54. The zero-order chi connectivity index (χ0) is 9.10. The van der Waals surface area contributed by atoms with Crippen LogP contribution in [0.25, 0.3) is 0 Å². The monoisotopic (exact) mass is 178 g/mol. The third kappa shape index (κ3) is 1.78. The molecule has 0 aliphatic carbocycles. The van der Waals surface area contributed by atoms with E-state index in [0.717, 1.165) is 31.9 Å². The van der Waals surface area contributed by atoms with Gasteiger partial charge in [0.15, 0.2) is 0 Å². The summed E-state index contributed by atoms with van der Waals surface area (Å²) in [6, 6.07) is 0. The Labute approximate surface area is 77.8 Å². The van der Waals surface area contributed by atoms with Crippen LogP contribution in [-0.4, -0.2) is 30.1 Å². The second-order valence-electron chi connectivity index (χ2n) is 3.17. The Hall–Kier alpha value is -1.16. The fourth-order valence-electron chi connectivity index (χ4n) is 1.54. The van der Waals surface area contributed by atoms with Crippen molar-refractivity contribution in [2.24, 2.45) is 0 Å². The summed E-state index contributed by atoms with van der Waals surface area (Å²) in [6.45, 7) is 2.06. The standard InChI is InChI=1S/C9H14N4/c1-10-9-12-6-7-2-4-11-5-3-8(7)13-9/h6,11H,2-5H2,1H3,(H,10,12,13). The number of nitrogens with one attached hydrogen (secondary N) is 2. The Morgan fingerprint density at radius 1 is 1.38 bits per heavy atom. The average Bonchev–Trinajstić information content (AvgIpc) is 2.41. The van der Waals surface area contributed by atoms with Gasteiger partial charge in [-0.25, -0.2) is 9.97 Å². The molecule has 4 heteroatoms. The van der Waals surface area contributed by atoms with Crippen molar-refractivity contribution < 1.29 is 0 Å². The first-order valence-electron chi connectivity index (χ1n) is 4.63. The van der Waals surface area contributed by atoms with Crippen LogP contribution in [0.5, 0.6) is 0 Å². The minimum Gasteiger partial charge on any atom is -0.357 e. The smallest absolute Gasteiger partial charge is 0.222 e. The van der Waals surface area contributed by atoms with Gasteiger partial charge in [-0.05, 0) is 18.5 Å². The number of hydrogen-bond donors (Lipinski definition) is 2. The summed E-state index contributed by atoms with van der Waals surface area (Å²) in [4.78, 5) is 8.63. The average molecular weight is 178 g/mol. The summed E-state index contributed by atoms with van der Waals surface area (Å²) in [5.41, 5.74) is 2.47. The summed E-state index contributed by atoms with van der Waals surface area (Å²) in [5.74, 6) is 0.723. The van der Waals surface area contributed by atoms with Crippen LogP contribution in [0.4, 0.5) is 5.95 Å². The highest BCUT2D eigenvalue weighted by atomic mass is 15.1. The largest absolute Gasteiger partial charge is 0.357 e. The van der Waals surface area contributed by atoms with Crippen LogP contribution in [0.1, 0.15) is 11.3 Å². The number of nitrogens with zero attached hydrogens (tertiary/aromatic N) is 2. The maximum atomic E-state index is 4.43. The fraction of sp³-hybridized carbons (Fsp3) is 0.556. The Kier molecular flexibility index (Phi) is 2.40. The van der Waals surface area contributed by atoms with Gasteiger partial charge in [0.05, 0.1) is 5.69 Å². The SMILES string of the molecule is CNc1ncc2c(n1)CCNCC2. The van der Waals surface area contributed by atoms with Crippen molar-refractivity contribution in [2.75, 3.05) is 25.5 Å². The second-order valence-corrected chi connectivity index (χ2v) is 3.17. The second kappa shape index (κ2) is 3.70. The molecule has 0 spiro atoms. The van der Waals surface area contributed by atoms with E-state index in [1.54, 1.807) is 0 Å². The third-order valence-corrected chi connectivity index (χ3v) is 2.29. The van der Waals surface area contributed by atoms with Crippen LogP contribution in [0.15, 0.2) is 6.20 Å². The Morgan fingerprint density at radius 2 is 2.23 bits per heavy atom. The number of hydrogen-bond acceptors (Lipinski definition) is 4. The van der Waals surface area contributed by atoms with Crippen molar-refractivity contribution in [1.82, 2.24) is 15.3 Å². The van der Waals surface area contributed by atoms with Crippen LogP contribution < -0.4 is 10.6 Å². The zero-order valence-electron chi connectivity index (χ0n) is 7.80. The summed E-state index contributed by atoms with van der Waals surface area (Å²) in [7, 11) is 1.84. The molecule has 70 valence electrons. The molecule has 1 aromatic heterocycles. The molecule has 1 aromatic rings. The third-order valence-electron chi connectivity index (χ3n) is 2.29. The predicted octanol–water partition coefficient (Wildman–Crippen LogP) is 0.206. The molecule has 2 rings (SSSR count). The minimum atomic E-state index is 0.723. The number of rotatable bonds is 1. The van der Waals surface area contributed by atoms with E-state index in [0.29, 0.717) is 0 Å². The van der Waals surface area contributed by atoms with Crippen LogP contribution in [0.3, 0.4) is 0 Å². The first kappa shape index (κ1) is 8.44. The summed E-state index contributed by atoms with van der Waals surface area (Å²) in [6.07, 6.45) is 3.98. The van der Waals surface area contributed by atoms with Crippen molar-refractivity contribution in [2.45, 2.75) is 12.8 Å². The molecule has 0 atom stereocenters. The Morgan fingerprint density at radius 3 is 3.08 bits per heavy atom. The highest BCUT2D eigenvalue weighted by molar-refractivity contribution is 5.29. The highest BCUT2D eigenvalue weighted by Crippen LogP contribution is 2.10.